The molecule has 0 atom stereocenters. The van der Waals surface area contributed by atoms with Gasteiger partial charge in [0.25, 0.3) is 11.8 Å². The van der Waals surface area contributed by atoms with Gasteiger partial charge in [0.15, 0.2) is 5.13 Å². The molecule has 0 fully saturated rings. The van der Waals surface area contributed by atoms with Crippen LogP contribution in [-0.4, -0.2) is 27.4 Å². The highest BCUT2D eigenvalue weighted by molar-refractivity contribution is 7.18. The van der Waals surface area contributed by atoms with Crippen LogP contribution in [0.5, 0.6) is 16.6 Å². The van der Waals surface area contributed by atoms with Crippen molar-refractivity contribution in [3.05, 3.63) is 90.0 Å². The highest BCUT2D eigenvalue weighted by Gasteiger charge is 2.31. The fraction of sp³-hybridized carbons (Fsp3) is 0.115. The molecule has 36 heavy (non-hydrogen) atoms. The van der Waals surface area contributed by atoms with E-state index in [4.69, 9.17) is 4.74 Å². The van der Waals surface area contributed by atoms with Crippen LogP contribution in [0.25, 0.3) is 11.3 Å². The Hall–Kier alpha value is -4.31. The van der Waals surface area contributed by atoms with Gasteiger partial charge < -0.3 is 15.2 Å². The number of phenols is 1. The molecule has 0 aliphatic heterocycles. The minimum Gasteiger partial charge on any atom is -0.508 e. The lowest BCUT2D eigenvalue weighted by Gasteiger charge is -2.24. The predicted molar refractivity (Wildman–Crippen MR) is 132 cm³/mol. The number of thiazole rings is 1. The Morgan fingerprint density at radius 1 is 0.917 bits per heavy atom. The van der Waals surface area contributed by atoms with Crippen LogP contribution in [0.4, 0.5) is 13.9 Å². The Bertz CT molecular complexity index is 1390. The van der Waals surface area contributed by atoms with Crippen LogP contribution in [0, 0.1) is 11.6 Å². The van der Waals surface area contributed by atoms with Gasteiger partial charge in [-0.1, -0.05) is 11.3 Å². The van der Waals surface area contributed by atoms with Gasteiger partial charge in [-0.3, -0.25) is 14.9 Å². The van der Waals surface area contributed by atoms with E-state index in [1.807, 2.05) is 0 Å². The van der Waals surface area contributed by atoms with Crippen molar-refractivity contribution in [1.82, 2.24) is 10.3 Å². The molecule has 3 aromatic carbocycles. The lowest BCUT2D eigenvalue weighted by molar-refractivity contribution is -0.120. The van der Waals surface area contributed by atoms with Crippen LogP contribution in [0.2, 0.25) is 0 Å². The SMILES string of the molecule is CC(C)(NC(=O)c1ccc(O)cc1)C(=O)Nc1nc(-c2ccc(F)cc2)c(Oc2ccc(F)cc2)s1. The van der Waals surface area contributed by atoms with Crippen LogP contribution in [0.1, 0.15) is 24.2 Å². The summed E-state index contributed by atoms with van der Waals surface area (Å²) in [4.78, 5) is 30.0. The van der Waals surface area contributed by atoms with Crippen molar-refractivity contribution in [2.45, 2.75) is 19.4 Å². The topological polar surface area (TPSA) is 101 Å². The molecule has 0 spiro atoms. The van der Waals surface area contributed by atoms with Crippen molar-refractivity contribution in [1.29, 1.82) is 0 Å². The number of halogens is 2. The average Bonchev–Trinajstić information content (AvgIpc) is 3.23. The van der Waals surface area contributed by atoms with Gasteiger partial charge in [-0.25, -0.2) is 13.8 Å². The molecular weight excluding hydrogens is 488 g/mol. The number of nitrogens with zero attached hydrogens (tertiary/aromatic N) is 1. The van der Waals surface area contributed by atoms with Crippen LogP contribution in [-0.2, 0) is 4.79 Å². The van der Waals surface area contributed by atoms with Crippen LogP contribution < -0.4 is 15.4 Å². The van der Waals surface area contributed by atoms with Gasteiger partial charge in [0.05, 0.1) is 0 Å². The summed E-state index contributed by atoms with van der Waals surface area (Å²) in [7, 11) is 0. The van der Waals surface area contributed by atoms with Crippen molar-refractivity contribution in [2.75, 3.05) is 5.32 Å². The highest BCUT2D eigenvalue weighted by Crippen LogP contribution is 2.40. The Kier molecular flexibility index (Phi) is 6.98. The first kappa shape index (κ1) is 24.8. The second-order valence-electron chi connectivity index (χ2n) is 8.30. The minimum atomic E-state index is -1.32. The van der Waals surface area contributed by atoms with E-state index in [0.29, 0.717) is 22.1 Å². The number of anilines is 1. The minimum absolute atomic E-state index is 0.0166. The molecule has 0 bridgehead atoms. The maximum absolute atomic E-state index is 13.5. The summed E-state index contributed by atoms with van der Waals surface area (Å²) in [6.45, 7) is 3.07. The van der Waals surface area contributed by atoms with Crippen molar-refractivity contribution in [3.8, 4) is 27.8 Å². The first-order chi connectivity index (χ1) is 17.1. The Morgan fingerprint density at radius 3 is 2.11 bits per heavy atom. The van der Waals surface area contributed by atoms with E-state index in [1.54, 1.807) is 0 Å². The average molecular weight is 510 g/mol. The number of aromatic hydroxyl groups is 1. The first-order valence-corrected chi connectivity index (χ1v) is 11.6. The molecule has 4 aromatic rings. The molecule has 0 aliphatic rings. The Balaban J connectivity index is 1.56. The van der Waals surface area contributed by atoms with E-state index in [0.717, 1.165) is 11.3 Å². The van der Waals surface area contributed by atoms with Crippen LogP contribution >= 0.6 is 11.3 Å². The second kappa shape index (κ2) is 10.1. The molecule has 1 aromatic heterocycles. The van der Waals surface area contributed by atoms with Crippen LogP contribution in [0.15, 0.2) is 72.8 Å². The summed E-state index contributed by atoms with van der Waals surface area (Å²) >= 11 is 1.03. The number of carbonyl (C=O) groups excluding carboxylic acids is 2. The predicted octanol–water partition coefficient (Wildman–Crippen LogP) is 5.73. The Labute approximate surface area is 209 Å². The van der Waals surface area contributed by atoms with Crippen molar-refractivity contribution in [3.63, 3.8) is 0 Å². The van der Waals surface area contributed by atoms with E-state index in [9.17, 15) is 23.5 Å². The lowest BCUT2D eigenvalue weighted by Crippen LogP contribution is -2.52. The van der Waals surface area contributed by atoms with E-state index < -0.39 is 29.0 Å². The third-order valence-corrected chi connectivity index (χ3v) is 5.93. The molecule has 7 nitrogen and oxygen atoms in total. The van der Waals surface area contributed by atoms with Crippen molar-refractivity contribution < 1.29 is 28.2 Å². The molecule has 0 saturated heterocycles. The normalized spacial score (nSPS) is 11.1. The quantitative estimate of drug-likeness (QED) is 0.295. The van der Waals surface area contributed by atoms with E-state index in [-0.39, 0.29) is 16.4 Å². The van der Waals surface area contributed by atoms with Gasteiger partial charge >= 0.3 is 0 Å². The number of aromatic nitrogens is 1. The number of benzene rings is 3. The maximum Gasteiger partial charge on any atom is 0.252 e. The summed E-state index contributed by atoms with van der Waals surface area (Å²) < 4.78 is 32.6. The zero-order valence-corrected chi connectivity index (χ0v) is 20.0. The van der Waals surface area contributed by atoms with Gasteiger partial charge in [-0.15, -0.1) is 0 Å². The summed E-state index contributed by atoms with van der Waals surface area (Å²) in [6, 6.07) is 16.6. The smallest absolute Gasteiger partial charge is 0.252 e. The third-order valence-electron chi connectivity index (χ3n) is 5.08. The largest absolute Gasteiger partial charge is 0.508 e. The van der Waals surface area contributed by atoms with E-state index in [1.165, 1.54) is 86.6 Å². The number of hydrogen-bond donors (Lipinski definition) is 3. The molecule has 10 heteroatoms. The fourth-order valence-corrected chi connectivity index (χ4v) is 3.96. The van der Waals surface area contributed by atoms with Crippen molar-refractivity contribution in [2.24, 2.45) is 0 Å². The molecule has 184 valence electrons. The number of nitrogens with one attached hydrogen (secondary N) is 2. The number of carbonyl (C=O) groups is 2. The molecule has 0 unspecified atom stereocenters. The molecule has 0 saturated carbocycles. The molecule has 0 aliphatic carbocycles. The molecule has 2 amide bonds. The number of phenolic OH excluding ortho intramolecular Hbond substituents is 1. The van der Waals surface area contributed by atoms with Gasteiger partial charge in [0.2, 0.25) is 5.06 Å². The summed E-state index contributed by atoms with van der Waals surface area (Å²) in [5, 5.41) is 15.2. The number of ether oxygens (including phenoxy) is 1. The molecule has 1 heterocycles. The number of amides is 2. The van der Waals surface area contributed by atoms with E-state index in [2.05, 4.69) is 15.6 Å². The van der Waals surface area contributed by atoms with Gasteiger partial charge in [-0.05, 0) is 86.6 Å². The first-order valence-electron chi connectivity index (χ1n) is 10.7. The standard InChI is InChI=1S/C26H21F2N3O4S/c1-26(2,31-22(33)16-5-11-19(32)12-6-16)24(34)30-25-29-21(15-3-7-17(27)8-4-15)23(36-25)35-20-13-9-18(28)10-14-20/h3-14,32H,1-2H3,(H,31,33)(H,29,30,34). The number of hydrogen-bond acceptors (Lipinski definition) is 6. The summed E-state index contributed by atoms with van der Waals surface area (Å²) in [5.41, 5.74) is -0.151. The van der Waals surface area contributed by atoms with Gasteiger partial charge in [0.1, 0.15) is 34.4 Å². The third kappa shape index (κ3) is 5.84. The Morgan fingerprint density at radius 2 is 1.50 bits per heavy atom. The van der Waals surface area contributed by atoms with Crippen LogP contribution in [0.3, 0.4) is 0 Å². The number of rotatable bonds is 7. The fourth-order valence-electron chi connectivity index (χ4n) is 3.11. The monoisotopic (exact) mass is 509 g/mol. The van der Waals surface area contributed by atoms with Crippen molar-refractivity contribution >= 4 is 28.3 Å². The maximum atomic E-state index is 13.5. The van der Waals surface area contributed by atoms with Gasteiger partial charge in [-0.2, -0.15) is 0 Å². The van der Waals surface area contributed by atoms with Gasteiger partial charge in [0, 0.05) is 11.1 Å². The molecule has 0 radical (unpaired) electrons. The molecule has 3 N–H and O–H groups in total. The molecular formula is C26H21F2N3O4S. The zero-order chi connectivity index (χ0) is 25.9. The molecule has 4 rings (SSSR count). The summed E-state index contributed by atoms with van der Waals surface area (Å²) in [6.07, 6.45) is 0. The highest BCUT2D eigenvalue weighted by atomic mass is 32.1. The van der Waals surface area contributed by atoms with E-state index >= 15 is 0 Å². The lowest BCUT2D eigenvalue weighted by atomic mass is 10.0. The summed E-state index contributed by atoms with van der Waals surface area (Å²) in [5.74, 6) is -1.51. The second-order valence-corrected chi connectivity index (χ2v) is 9.26. The zero-order valence-electron chi connectivity index (χ0n) is 19.2.